The van der Waals surface area contributed by atoms with Crippen molar-refractivity contribution in [3.05, 3.63) is 59.2 Å². The van der Waals surface area contributed by atoms with Gasteiger partial charge >= 0.3 is 0 Å². The van der Waals surface area contributed by atoms with Crippen LogP contribution in [0.25, 0.3) is 22.1 Å². The van der Waals surface area contributed by atoms with E-state index in [1.54, 1.807) is 0 Å². The number of imidazole rings is 2. The molecule has 0 saturated heterocycles. The molecule has 0 aliphatic carbocycles. The lowest BCUT2D eigenvalue weighted by atomic mass is 10.1. The normalized spacial score (nSPS) is 11.7. The summed E-state index contributed by atoms with van der Waals surface area (Å²) in [5.41, 5.74) is 9.74. The van der Waals surface area contributed by atoms with Crippen molar-refractivity contribution in [3.63, 3.8) is 0 Å². The summed E-state index contributed by atoms with van der Waals surface area (Å²) in [6.07, 6.45) is 3.89. The molecule has 122 valence electrons. The molecular weight excluding hydrogens is 296 g/mol. The van der Waals surface area contributed by atoms with Crippen molar-refractivity contribution in [3.8, 4) is 0 Å². The monoisotopic (exact) mass is 318 g/mol. The third kappa shape index (κ3) is 2.39. The Bertz CT molecular complexity index is 967. The average Bonchev–Trinajstić information content (AvgIpc) is 3.11. The molecule has 0 N–H and O–H groups in total. The largest absolute Gasteiger partial charge is 0.329 e. The second-order valence-electron chi connectivity index (χ2n) is 6.73. The number of rotatable bonds is 3. The van der Waals surface area contributed by atoms with Crippen LogP contribution in [0.5, 0.6) is 0 Å². The first kappa shape index (κ1) is 14.9. The average molecular weight is 318 g/mol. The number of aryl methyl sites for hydroxylation is 6. The Hall–Kier alpha value is -2.62. The van der Waals surface area contributed by atoms with E-state index in [9.17, 15) is 0 Å². The van der Waals surface area contributed by atoms with Crippen LogP contribution in [0.4, 0.5) is 0 Å². The van der Waals surface area contributed by atoms with E-state index in [-0.39, 0.29) is 0 Å². The predicted octanol–water partition coefficient (Wildman–Crippen LogP) is 4.32. The number of benzene rings is 2. The van der Waals surface area contributed by atoms with E-state index in [0.29, 0.717) is 0 Å². The summed E-state index contributed by atoms with van der Waals surface area (Å²) < 4.78 is 4.46. The molecule has 0 bridgehead atoms. The molecule has 2 heterocycles. The molecule has 4 aromatic rings. The number of hydrogen-bond donors (Lipinski definition) is 0. The lowest BCUT2D eigenvalue weighted by molar-refractivity contribution is 0.600. The lowest BCUT2D eigenvalue weighted by Gasteiger charge is -2.09. The van der Waals surface area contributed by atoms with Gasteiger partial charge in [0, 0.05) is 13.1 Å². The molecule has 4 heteroatoms. The minimum Gasteiger partial charge on any atom is -0.329 e. The Kier molecular flexibility index (Phi) is 3.41. The van der Waals surface area contributed by atoms with Crippen LogP contribution in [-0.2, 0) is 13.1 Å². The summed E-state index contributed by atoms with van der Waals surface area (Å²) in [4.78, 5) is 9.09. The highest BCUT2D eigenvalue weighted by Gasteiger charge is 2.08. The van der Waals surface area contributed by atoms with Crippen molar-refractivity contribution in [2.75, 3.05) is 0 Å². The Labute approximate surface area is 141 Å². The minimum absolute atomic E-state index is 0.886. The highest BCUT2D eigenvalue weighted by Crippen LogP contribution is 2.20. The number of nitrogens with zero attached hydrogens (tertiary/aromatic N) is 4. The van der Waals surface area contributed by atoms with Gasteiger partial charge in [0.1, 0.15) is 0 Å². The van der Waals surface area contributed by atoms with E-state index in [4.69, 9.17) is 0 Å². The molecule has 24 heavy (non-hydrogen) atoms. The molecule has 0 unspecified atom stereocenters. The Morgan fingerprint density at radius 1 is 0.625 bits per heavy atom. The zero-order chi connectivity index (χ0) is 16.8. The molecule has 0 amide bonds. The van der Waals surface area contributed by atoms with E-state index in [1.807, 2.05) is 12.7 Å². The molecule has 0 fully saturated rings. The van der Waals surface area contributed by atoms with Crippen molar-refractivity contribution < 1.29 is 0 Å². The first-order chi connectivity index (χ1) is 11.5. The molecule has 0 aliphatic rings. The highest BCUT2D eigenvalue weighted by molar-refractivity contribution is 5.78. The maximum Gasteiger partial charge on any atom is 0.0958 e. The Balaban J connectivity index is 1.66. The summed E-state index contributed by atoms with van der Waals surface area (Å²) in [5.74, 6) is 0. The molecule has 0 atom stereocenters. The topological polar surface area (TPSA) is 35.6 Å². The summed E-state index contributed by atoms with van der Waals surface area (Å²) in [6.45, 7) is 10.3. The van der Waals surface area contributed by atoms with Crippen molar-refractivity contribution >= 4 is 22.1 Å². The van der Waals surface area contributed by atoms with Gasteiger partial charge in [-0.15, -0.1) is 0 Å². The molecule has 4 nitrogen and oxygen atoms in total. The van der Waals surface area contributed by atoms with E-state index in [0.717, 1.165) is 24.1 Å². The molecule has 0 aliphatic heterocycles. The van der Waals surface area contributed by atoms with Gasteiger partial charge in [-0.05, 0) is 74.2 Å². The fourth-order valence-corrected chi connectivity index (χ4v) is 3.20. The van der Waals surface area contributed by atoms with Crippen LogP contribution in [0.2, 0.25) is 0 Å². The van der Waals surface area contributed by atoms with E-state index >= 15 is 0 Å². The van der Waals surface area contributed by atoms with Crippen LogP contribution >= 0.6 is 0 Å². The summed E-state index contributed by atoms with van der Waals surface area (Å²) in [6, 6.07) is 8.80. The number of fused-ring (bicyclic) bond motifs is 2. The van der Waals surface area contributed by atoms with Gasteiger partial charge < -0.3 is 9.13 Å². The van der Waals surface area contributed by atoms with Crippen molar-refractivity contribution in [2.24, 2.45) is 0 Å². The molecule has 2 aromatic heterocycles. The van der Waals surface area contributed by atoms with Crippen LogP contribution in [-0.4, -0.2) is 19.1 Å². The lowest BCUT2D eigenvalue weighted by Crippen LogP contribution is -2.06. The smallest absolute Gasteiger partial charge is 0.0958 e. The van der Waals surface area contributed by atoms with Crippen LogP contribution in [0.1, 0.15) is 22.3 Å². The van der Waals surface area contributed by atoms with E-state index in [1.165, 1.54) is 33.3 Å². The molecule has 2 aromatic carbocycles. The number of hydrogen-bond acceptors (Lipinski definition) is 2. The predicted molar refractivity (Wildman–Crippen MR) is 98.4 cm³/mol. The Morgan fingerprint density at radius 3 is 1.42 bits per heavy atom. The van der Waals surface area contributed by atoms with Gasteiger partial charge in [-0.3, -0.25) is 0 Å². The molecule has 4 rings (SSSR count). The van der Waals surface area contributed by atoms with Crippen molar-refractivity contribution in [2.45, 2.75) is 40.8 Å². The minimum atomic E-state index is 0.886. The van der Waals surface area contributed by atoms with Gasteiger partial charge in [-0.2, -0.15) is 0 Å². The first-order valence-corrected chi connectivity index (χ1v) is 8.37. The van der Waals surface area contributed by atoms with Gasteiger partial charge in [0.25, 0.3) is 0 Å². The van der Waals surface area contributed by atoms with Gasteiger partial charge in [0.2, 0.25) is 0 Å². The van der Waals surface area contributed by atoms with Crippen LogP contribution in [0.15, 0.2) is 36.9 Å². The molecule has 0 saturated carbocycles. The van der Waals surface area contributed by atoms with Crippen molar-refractivity contribution in [1.29, 1.82) is 0 Å². The first-order valence-electron chi connectivity index (χ1n) is 8.37. The van der Waals surface area contributed by atoms with Gasteiger partial charge in [-0.1, -0.05) is 0 Å². The maximum atomic E-state index is 4.55. The molecule has 0 spiro atoms. The van der Waals surface area contributed by atoms with E-state index in [2.05, 4.69) is 71.1 Å². The van der Waals surface area contributed by atoms with E-state index < -0.39 is 0 Å². The van der Waals surface area contributed by atoms with Crippen LogP contribution in [0, 0.1) is 27.7 Å². The quantitative estimate of drug-likeness (QED) is 0.564. The summed E-state index contributed by atoms with van der Waals surface area (Å²) in [5, 5.41) is 0. The number of aromatic nitrogens is 4. The van der Waals surface area contributed by atoms with Gasteiger partial charge in [-0.25, -0.2) is 9.97 Å². The molecular formula is C20H22N4. The fraction of sp³-hybridized carbons (Fsp3) is 0.300. The Morgan fingerprint density at radius 2 is 1.00 bits per heavy atom. The zero-order valence-corrected chi connectivity index (χ0v) is 14.7. The molecule has 0 radical (unpaired) electrons. The van der Waals surface area contributed by atoms with Crippen molar-refractivity contribution in [1.82, 2.24) is 19.1 Å². The standard InChI is InChI=1S/C20H22N4/c1-13-7-17-19(9-15(13)3)23(11-21-17)5-6-24-12-22-18-8-14(2)16(4)10-20(18)24/h7-12H,5-6H2,1-4H3. The van der Waals surface area contributed by atoms with Crippen LogP contribution < -0.4 is 0 Å². The zero-order valence-electron chi connectivity index (χ0n) is 14.7. The third-order valence-corrected chi connectivity index (χ3v) is 5.05. The maximum absolute atomic E-state index is 4.55. The van der Waals surface area contributed by atoms with Crippen LogP contribution in [0.3, 0.4) is 0 Å². The highest BCUT2D eigenvalue weighted by atomic mass is 15.1. The van der Waals surface area contributed by atoms with Gasteiger partial charge in [0.05, 0.1) is 34.7 Å². The summed E-state index contributed by atoms with van der Waals surface area (Å²) >= 11 is 0. The summed E-state index contributed by atoms with van der Waals surface area (Å²) in [7, 11) is 0. The van der Waals surface area contributed by atoms with Gasteiger partial charge in [0.15, 0.2) is 0 Å². The SMILES string of the molecule is Cc1cc2ncn(CCn3cnc4cc(C)c(C)cc43)c2cc1C. The third-order valence-electron chi connectivity index (χ3n) is 5.05. The fourth-order valence-electron chi connectivity index (χ4n) is 3.20. The second-order valence-corrected chi connectivity index (χ2v) is 6.73. The second kappa shape index (κ2) is 5.48.